The average Bonchev–Trinajstić information content (AvgIpc) is 2.26. The molecule has 2 N–H and O–H groups in total. The van der Waals surface area contributed by atoms with Gasteiger partial charge in [0.1, 0.15) is 12.4 Å². The van der Waals surface area contributed by atoms with Crippen LogP contribution in [0, 0.1) is 0 Å². The summed E-state index contributed by atoms with van der Waals surface area (Å²) in [6, 6.07) is 7.88. The van der Waals surface area contributed by atoms with E-state index in [9.17, 15) is 0 Å². The minimum absolute atomic E-state index is 0.319. The van der Waals surface area contributed by atoms with Gasteiger partial charge in [-0.2, -0.15) is 0 Å². The van der Waals surface area contributed by atoms with Gasteiger partial charge in [-0.3, -0.25) is 0 Å². The predicted molar refractivity (Wildman–Crippen MR) is 65.5 cm³/mol. The summed E-state index contributed by atoms with van der Waals surface area (Å²) >= 11 is 0. The second-order valence-electron chi connectivity index (χ2n) is 3.73. The van der Waals surface area contributed by atoms with Crippen molar-refractivity contribution in [2.75, 3.05) is 13.2 Å². The summed E-state index contributed by atoms with van der Waals surface area (Å²) in [6.07, 6.45) is 1.40. The number of ether oxygens (including phenoxy) is 1. The van der Waals surface area contributed by atoms with Crippen molar-refractivity contribution in [1.29, 1.82) is 0 Å². The minimum atomic E-state index is -0.319. The van der Waals surface area contributed by atoms with Gasteiger partial charge in [0.25, 0.3) is 0 Å². The number of benzene rings is 1. The van der Waals surface area contributed by atoms with Gasteiger partial charge in [-0.05, 0) is 24.6 Å². The van der Waals surface area contributed by atoms with Crippen molar-refractivity contribution in [3.63, 3.8) is 0 Å². The minimum Gasteiger partial charge on any atom is -0.490 e. The summed E-state index contributed by atoms with van der Waals surface area (Å²) in [5.74, 6) is 0.844. The maximum atomic E-state index is 9.10. The van der Waals surface area contributed by atoms with Crippen LogP contribution < -0.4 is 10.1 Å². The number of aliphatic hydroxyl groups excluding tert-OH is 1. The van der Waals surface area contributed by atoms with E-state index < -0.39 is 0 Å². The summed E-state index contributed by atoms with van der Waals surface area (Å²) in [5.41, 5.74) is 1.14. The van der Waals surface area contributed by atoms with Crippen molar-refractivity contribution in [2.45, 2.75) is 19.6 Å². The normalized spacial score (nSPS) is 12.1. The van der Waals surface area contributed by atoms with E-state index >= 15 is 0 Å². The standard InChI is InChI=1S/C13H19NO2/c1-3-7-16-13-6-4-5-12(8-13)10-14-9-11(2)15/h3-6,8,11,14-15H,1,7,9-10H2,2H3/t11-/m0/s1. The van der Waals surface area contributed by atoms with Crippen molar-refractivity contribution in [3.8, 4) is 5.75 Å². The van der Waals surface area contributed by atoms with Gasteiger partial charge in [-0.15, -0.1) is 0 Å². The Morgan fingerprint density at radius 1 is 1.56 bits per heavy atom. The zero-order valence-electron chi connectivity index (χ0n) is 9.65. The van der Waals surface area contributed by atoms with Crippen LogP contribution in [0.3, 0.4) is 0 Å². The Morgan fingerprint density at radius 2 is 2.38 bits per heavy atom. The van der Waals surface area contributed by atoms with Crippen LogP contribution in [0.15, 0.2) is 36.9 Å². The van der Waals surface area contributed by atoms with E-state index in [0.717, 1.165) is 17.9 Å². The van der Waals surface area contributed by atoms with E-state index in [1.807, 2.05) is 24.3 Å². The third kappa shape index (κ3) is 4.96. The topological polar surface area (TPSA) is 41.5 Å². The number of aliphatic hydroxyl groups is 1. The molecular formula is C13H19NO2. The largest absolute Gasteiger partial charge is 0.490 e. The Morgan fingerprint density at radius 3 is 3.06 bits per heavy atom. The highest BCUT2D eigenvalue weighted by atomic mass is 16.5. The molecule has 0 unspecified atom stereocenters. The van der Waals surface area contributed by atoms with Crippen LogP contribution in [0.4, 0.5) is 0 Å². The molecule has 1 aromatic rings. The Hall–Kier alpha value is -1.32. The van der Waals surface area contributed by atoms with Gasteiger partial charge >= 0.3 is 0 Å². The fourth-order valence-corrected chi connectivity index (χ4v) is 1.33. The number of nitrogens with one attached hydrogen (secondary N) is 1. The first kappa shape index (κ1) is 12.7. The first-order valence-corrected chi connectivity index (χ1v) is 5.44. The molecule has 3 nitrogen and oxygen atoms in total. The fourth-order valence-electron chi connectivity index (χ4n) is 1.33. The molecule has 0 aliphatic rings. The molecule has 0 radical (unpaired) electrons. The first-order valence-electron chi connectivity index (χ1n) is 5.44. The van der Waals surface area contributed by atoms with Crippen molar-refractivity contribution < 1.29 is 9.84 Å². The van der Waals surface area contributed by atoms with Crippen LogP contribution in [0.1, 0.15) is 12.5 Å². The van der Waals surface area contributed by atoms with Gasteiger partial charge < -0.3 is 15.2 Å². The quantitative estimate of drug-likeness (QED) is 0.689. The molecule has 0 heterocycles. The zero-order chi connectivity index (χ0) is 11.8. The number of hydrogen-bond acceptors (Lipinski definition) is 3. The Labute approximate surface area is 96.8 Å². The average molecular weight is 221 g/mol. The molecule has 0 spiro atoms. The number of rotatable bonds is 7. The summed E-state index contributed by atoms with van der Waals surface area (Å²) in [4.78, 5) is 0. The van der Waals surface area contributed by atoms with Gasteiger partial charge in [-0.1, -0.05) is 24.8 Å². The molecule has 3 heteroatoms. The molecule has 16 heavy (non-hydrogen) atoms. The summed E-state index contributed by atoms with van der Waals surface area (Å²) in [7, 11) is 0. The van der Waals surface area contributed by atoms with Crippen LogP contribution >= 0.6 is 0 Å². The molecule has 0 aliphatic heterocycles. The van der Waals surface area contributed by atoms with Gasteiger partial charge in [-0.25, -0.2) is 0 Å². The van der Waals surface area contributed by atoms with Crippen LogP contribution in [0.5, 0.6) is 5.75 Å². The lowest BCUT2D eigenvalue weighted by atomic mass is 10.2. The molecule has 0 amide bonds. The lowest BCUT2D eigenvalue weighted by molar-refractivity contribution is 0.191. The highest BCUT2D eigenvalue weighted by Crippen LogP contribution is 2.13. The van der Waals surface area contributed by atoms with E-state index in [1.54, 1.807) is 13.0 Å². The molecule has 1 rings (SSSR count). The summed E-state index contributed by atoms with van der Waals surface area (Å²) in [5, 5.41) is 12.3. The molecule has 0 saturated heterocycles. The van der Waals surface area contributed by atoms with Crippen molar-refractivity contribution >= 4 is 0 Å². The molecule has 0 saturated carbocycles. The molecule has 0 fully saturated rings. The van der Waals surface area contributed by atoms with Gasteiger partial charge in [0.05, 0.1) is 6.10 Å². The van der Waals surface area contributed by atoms with Crippen molar-refractivity contribution in [2.24, 2.45) is 0 Å². The van der Waals surface area contributed by atoms with Crippen LogP contribution in [-0.2, 0) is 6.54 Å². The fraction of sp³-hybridized carbons (Fsp3) is 0.385. The smallest absolute Gasteiger partial charge is 0.120 e. The van der Waals surface area contributed by atoms with E-state index in [2.05, 4.69) is 11.9 Å². The third-order valence-corrected chi connectivity index (χ3v) is 2.04. The van der Waals surface area contributed by atoms with Crippen LogP contribution in [0.25, 0.3) is 0 Å². The third-order valence-electron chi connectivity index (χ3n) is 2.04. The molecular weight excluding hydrogens is 202 g/mol. The lowest BCUT2D eigenvalue weighted by Crippen LogP contribution is -2.23. The van der Waals surface area contributed by atoms with E-state index in [0.29, 0.717) is 13.2 Å². The highest BCUT2D eigenvalue weighted by molar-refractivity contribution is 5.28. The Balaban J connectivity index is 2.43. The maximum Gasteiger partial charge on any atom is 0.120 e. The number of hydrogen-bond donors (Lipinski definition) is 2. The van der Waals surface area contributed by atoms with Gasteiger partial charge in [0.2, 0.25) is 0 Å². The van der Waals surface area contributed by atoms with Gasteiger partial charge in [0, 0.05) is 13.1 Å². The summed E-state index contributed by atoms with van der Waals surface area (Å²) < 4.78 is 5.43. The zero-order valence-corrected chi connectivity index (χ0v) is 9.65. The Kier molecular flexibility index (Phi) is 5.61. The molecule has 0 bridgehead atoms. The second kappa shape index (κ2) is 7.04. The van der Waals surface area contributed by atoms with Crippen LogP contribution in [0.2, 0.25) is 0 Å². The SMILES string of the molecule is C=CCOc1cccc(CNC[C@H](C)O)c1. The van der Waals surface area contributed by atoms with E-state index in [4.69, 9.17) is 9.84 Å². The molecule has 1 atom stereocenters. The second-order valence-corrected chi connectivity index (χ2v) is 3.73. The summed E-state index contributed by atoms with van der Waals surface area (Å²) in [6.45, 7) is 7.21. The van der Waals surface area contributed by atoms with Crippen molar-refractivity contribution in [3.05, 3.63) is 42.5 Å². The Bertz CT molecular complexity index is 323. The molecule has 0 aliphatic carbocycles. The van der Waals surface area contributed by atoms with Gasteiger partial charge in [0.15, 0.2) is 0 Å². The first-order chi connectivity index (χ1) is 7.72. The monoisotopic (exact) mass is 221 g/mol. The molecule has 1 aromatic carbocycles. The molecule has 0 aromatic heterocycles. The van der Waals surface area contributed by atoms with Crippen molar-refractivity contribution in [1.82, 2.24) is 5.32 Å². The van der Waals surface area contributed by atoms with E-state index in [1.165, 1.54) is 0 Å². The van der Waals surface area contributed by atoms with Crippen LogP contribution in [-0.4, -0.2) is 24.4 Å². The maximum absolute atomic E-state index is 9.10. The van der Waals surface area contributed by atoms with E-state index in [-0.39, 0.29) is 6.10 Å². The highest BCUT2D eigenvalue weighted by Gasteiger charge is 1.98. The lowest BCUT2D eigenvalue weighted by Gasteiger charge is -2.08. The predicted octanol–water partition coefficient (Wildman–Crippen LogP) is 1.72. The molecule has 88 valence electrons.